The van der Waals surface area contributed by atoms with Crippen molar-refractivity contribution >= 4 is 5.69 Å². The molecule has 0 bridgehead atoms. The summed E-state index contributed by atoms with van der Waals surface area (Å²) in [5.74, 6) is 2.29. The zero-order valence-electron chi connectivity index (χ0n) is 17.1. The number of para-hydroxylation sites is 2. The van der Waals surface area contributed by atoms with Gasteiger partial charge >= 0.3 is 0 Å². The summed E-state index contributed by atoms with van der Waals surface area (Å²) in [6.45, 7) is 0.869. The average Bonchev–Trinajstić information content (AvgIpc) is 3.28. The molecule has 0 aromatic heterocycles. The Balaban J connectivity index is 1.38. The van der Waals surface area contributed by atoms with Crippen molar-refractivity contribution in [2.45, 2.75) is 18.4 Å². The Morgan fingerprint density at radius 3 is 2.55 bits per heavy atom. The van der Waals surface area contributed by atoms with Crippen molar-refractivity contribution in [1.29, 1.82) is 0 Å². The number of nitrogens with one attached hydrogen (secondary N) is 1. The number of hydrogen-bond donors (Lipinski definition) is 3. The summed E-state index contributed by atoms with van der Waals surface area (Å²) in [6, 6.07) is 20.5. The van der Waals surface area contributed by atoms with E-state index in [0.717, 1.165) is 29.2 Å². The molecule has 0 saturated heterocycles. The van der Waals surface area contributed by atoms with Gasteiger partial charge in [0.2, 0.25) is 0 Å². The highest BCUT2D eigenvalue weighted by molar-refractivity contribution is 5.68. The number of allylic oxidation sites excluding steroid dienone is 2. The molecule has 0 fully saturated rings. The van der Waals surface area contributed by atoms with Crippen LogP contribution in [0, 0.1) is 5.92 Å². The van der Waals surface area contributed by atoms with E-state index in [-0.39, 0.29) is 23.5 Å². The maximum Gasteiger partial charge on any atom is 0.142 e. The Labute approximate surface area is 181 Å². The van der Waals surface area contributed by atoms with Crippen LogP contribution in [0.4, 0.5) is 5.69 Å². The molecule has 1 aliphatic carbocycles. The molecule has 3 aromatic rings. The van der Waals surface area contributed by atoms with Crippen molar-refractivity contribution in [1.82, 2.24) is 0 Å². The summed E-state index contributed by atoms with van der Waals surface area (Å²) in [5, 5.41) is 23.8. The molecule has 0 saturated carbocycles. The van der Waals surface area contributed by atoms with Crippen LogP contribution in [-0.2, 0) is 0 Å². The van der Waals surface area contributed by atoms with E-state index in [1.165, 1.54) is 11.6 Å². The summed E-state index contributed by atoms with van der Waals surface area (Å²) >= 11 is 0. The molecule has 3 unspecified atom stereocenters. The van der Waals surface area contributed by atoms with E-state index >= 15 is 0 Å². The van der Waals surface area contributed by atoms with Gasteiger partial charge in [-0.3, -0.25) is 0 Å². The van der Waals surface area contributed by atoms with Crippen molar-refractivity contribution in [2.24, 2.45) is 5.92 Å². The Morgan fingerprint density at radius 1 is 0.871 bits per heavy atom. The van der Waals surface area contributed by atoms with Crippen molar-refractivity contribution in [3.8, 4) is 23.0 Å². The van der Waals surface area contributed by atoms with Gasteiger partial charge in [-0.25, -0.2) is 0 Å². The molecule has 5 rings (SSSR count). The van der Waals surface area contributed by atoms with Gasteiger partial charge < -0.3 is 25.0 Å². The Bertz CT molecular complexity index is 1100. The second kappa shape index (κ2) is 8.26. The molecule has 0 amide bonds. The van der Waals surface area contributed by atoms with Gasteiger partial charge in [0.1, 0.15) is 36.2 Å². The standard InChI is InChI=1S/C26H25NO4/c28-17-12-13-22(23(29)16-17)25-20-9-4-8-19(20)21-10-5-11-24(26(21)27-25)31-15-14-30-18-6-2-1-3-7-18/h1-8,10-13,16,19-20,25,27-29H,9,14-15H2. The monoisotopic (exact) mass is 415 g/mol. The topological polar surface area (TPSA) is 71.0 Å². The molecule has 1 aliphatic heterocycles. The van der Waals surface area contributed by atoms with Gasteiger partial charge in [-0.2, -0.15) is 0 Å². The van der Waals surface area contributed by atoms with E-state index in [1.807, 2.05) is 42.5 Å². The second-order valence-electron chi connectivity index (χ2n) is 7.95. The van der Waals surface area contributed by atoms with Crippen LogP contribution in [0.15, 0.2) is 78.9 Å². The smallest absolute Gasteiger partial charge is 0.142 e. The SMILES string of the molecule is Oc1ccc(C2Nc3c(OCCOc4ccccc4)cccc3C3C=CCC32)c(O)c1. The molecule has 5 heteroatoms. The molecular weight excluding hydrogens is 390 g/mol. The molecule has 158 valence electrons. The average molecular weight is 415 g/mol. The van der Waals surface area contributed by atoms with E-state index in [0.29, 0.717) is 19.1 Å². The maximum absolute atomic E-state index is 10.5. The second-order valence-corrected chi connectivity index (χ2v) is 7.95. The molecular formula is C26H25NO4. The number of ether oxygens (including phenoxy) is 2. The maximum atomic E-state index is 10.5. The number of hydrogen-bond acceptors (Lipinski definition) is 5. The molecule has 3 N–H and O–H groups in total. The van der Waals surface area contributed by atoms with Crippen LogP contribution in [0.2, 0.25) is 0 Å². The number of phenols is 2. The summed E-state index contributed by atoms with van der Waals surface area (Å²) in [6.07, 6.45) is 5.38. The van der Waals surface area contributed by atoms with Gasteiger partial charge in [-0.1, -0.05) is 42.5 Å². The first-order valence-electron chi connectivity index (χ1n) is 10.6. The Morgan fingerprint density at radius 2 is 1.71 bits per heavy atom. The van der Waals surface area contributed by atoms with Gasteiger partial charge in [0.05, 0.1) is 11.7 Å². The van der Waals surface area contributed by atoms with Gasteiger partial charge in [0.25, 0.3) is 0 Å². The fraction of sp³-hybridized carbons (Fsp3) is 0.231. The predicted octanol–water partition coefficient (Wildman–Crippen LogP) is 5.38. The minimum atomic E-state index is -0.0848. The van der Waals surface area contributed by atoms with E-state index in [9.17, 15) is 10.2 Å². The summed E-state index contributed by atoms with van der Waals surface area (Å²) in [5.41, 5.74) is 2.94. The number of rotatable bonds is 6. The Kier molecular flexibility index (Phi) is 5.16. The van der Waals surface area contributed by atoms with Crippen LogP contribution >= 0.6 is 0 Å². The predicted molar refractivity (Wildman–Crippen MR) is 120 cm³/mol. The zero-order chi connectivity index (χ0) is 21.2. The lowest BCUT2D eigenvalue weighted by Crippen LogP contribution is -2.29. The fourth-order valence-electron chi connectivity index (χ4n) is 4.64. The van der Waals surface area contributed by atoms with Gasteiger partial charge in [-0.15, -0.1) is 0 Å². The Hall–Kier alpha value is -3.60. The third-order valence-electron chi connectivity index (χ3n) is 6.06. The van der Waals surface area contributed by atoms with E-state index in [2.05, 4.69) is 23.5 Å². The first kappa shape index (κ1) is 19.4. The van der Waals surface area contributed by atoms with Crippen LogP contribution in [-0.4, -0.2) is 23.4 Å². The lowest BCUT2D eigenvalue weighted by atomic mass is 9.76. The highest BCUT2D eigenvalue weighted by atomic mass is 16.5. The van der Waals surface area contributed by atoms with Crippen molar-refractivity contribution in [2.75, 3.05) is 18.5 Å². The quantitative estimate of drug-likeness (QED) is 0.372. The highest BCUT2D eigenvalue weighted by Crippen LogP contribution is 2.53. The van der Waals surface area contributed by atoms with Crippen LogP contribution in [0.25, 0.3) is 0 Å². The molecule has 3 aromatic carbocycles. The minimum Gasteiger partial charge on any atom is -0.508 e. The van der Waals surface area contributed by atoms with Gasteiger partial charge in [0.15, 0.2) is 0 Å². The number of fused-ring (bicyclic) bond motifs is 3. The molecule has 0 radical (unpaired) electrons. The minimum absolute atomic E-state index is 0.0565. The molecule has 0 spiro atoms. The molecule has 5 nitrogen and oxygen atoms in total. The normalized spacial score (nSPS) is 21.1. The number of anilines is 1. The summed E-state index contributed by atoms with van der Waals surface area (Å²) < 4.78 is 11.8. The van der Waals surface area contributed by atoms with Crippen LogP contribution in [0.1, 0.15) is 29.5 Å². The van der Waals surface area contributed by atoms with E-state index in [1.54, 1.807) is 12.1 Å². The third-order valence-corrected chi connectivity index (χ3v) is 6.06. The van der Waals surface area contributed by atoms with Crippen molar-refractivity contribution in [3.05, 3.63) is 90.0 Å². The van der Waals surface area contributed by atoms with E-state index in [4.69, 9.17) is 9.47 Å². The molecule has 31 heavy (non-hydrogen) atoms. The van der Waals surface area contributed by atoms with Gasteiger partial charge in [0, 0.05) is 17.5 Å². The first-order valence-corrected chi connectivity index (χ1v) is 10.6. The number of aromatic hydroxyl groups is 2. The lowest BCUT2D eigenvalue weighted by molar-refractivity contribution is 0.217. The van der Waals surface area contributed by atoms with Crippen LogP contribution in [0.3, 0.4) is 0 Å². The van der Waals surface area contributed by atoms with Crippen LogP contribution < -0.4 is 14.8 Å². The van der Waals surface area contributed by atoms with Gasteiger partial charge in [-0.05, 0) is 48.2 Å². The summed E-state index contributed by atoms with van der Waals surface area (Å²) in [4.78, 5) is 0. The largest absolute Gasteiger partial charge is 0.508 e. The molecule has 2 aliphatic rings. The van der Waals surface area contributed by atoms with Crippen molar-refractivity contribution in [3.63, 3.8) is 0 Å². The van der Waals surface area contributed by atoms with Crippen LogP contribution in [0.5, 0.6) is 23.0 Å². The lowest BCUT2D eigenvalue weighted by Gasteiger charge is -2.38. The molecule has 1 heterocycles. The fourth-order valence-corrected chi connectivity index (χ4v) is 4.64. The number of benzene rings is 3. The highest BCUT2D eigenvalue weighted by Gasteiger charge is 2.39. The first-order chi connectivity index (χ1) is 15.2. The molecule has 3 atom stereocenters. The zero-order valence-corrected chi connectivity index (χ0v) is 17.1. The summed E-state index contributed by atoms with van der Waals surface area (Å²) in [7, 11) is 0. The third kappa shape index (κ3) is 3.79. The van der Waals surface area contributed by atoms with Crippen molar-refractivity contribution < 1.29 is 19.7 Å². The van der Waals surface area contributed by atoms with E-state index < -0.39 is 0 Å². The number of phenolic OH excluding ortho intramolecular Hbond substituents is 2.